The van der Waals surface area contributed by atoms with Crippen LogP contribution in [0.25, 0.3) is 0 Å². The minimum atomic E-state index is -3.58. The third kappa shape index (κ3) is 6.23. The summed E-state index contributed by atoms with van der Waals surface area (Å²) in [7, 11) is -3.58. The summed E-state index contributed by atoms with van der Waals surface area (Å²) in [4.78, 5) is 15.0. The second kappa shape index (κ2) is 10.2. The molecule has 0 aliphatic carbocycles. The van der Waals surface area contributed by atoms with Crippen molar-refractivity contribution in [1.29, 1.82) is 0 Å². The van der Waals surface area contributed by atoms with Gasteiger partial charge in [0.1, 0.15) is 6.54 Å². The number of hydrogen-bond acceptors (Lipinski definition) is 4. The Kier molecular flexibility index (Phi) is 7.59. The van der Waals surface area contributed by atoms with E-state index in [0.29, 0.717) is 24.6 Å². The fourth-order valence-corrected chi connectivity index (χ4v) is 4.96. The monoisotopic (exact) mass is 443 g/mol. The lowest BCUT2D eigenvalue weighted by Crippen LogP contribution is -2.40. The van der Waals surface area contributed by atoms with Gasteiger partial charge >= 0.3 is 0 Å². The zero-order valence-corrected chi connectivity index (χ0v) is 19.5. The number of hydrogen-bond donors (Lipinski definition) is 1. The highest BCUT2D eigenvalue weighted by atomic mass is 32.2. The second-order valence-corrected chi connectivity index (χ2v) is 10.3. The molecule has 1 N–H and O–H groups in total. The zero-order chi connectivity index (χ0) is 22.4. The van der Waals surface area contributed by atoms with Gasteiger partial charge in [-0.1, -0.05) is 44.2 Å². The van der Waals surface area contributed by atoms with Crippen LogP contribution in [0.2, 0.25) is 0 Å². The zero-order valence-electron chi connectivity index (χ0n) is 18.7. The van der Waals surface area contributed by atoms with E-state index in [2.05, 4.69) is 29.3 Å². The number of nitrogens with zero attached hydrogens (tertiary/aromatic N) is 2. The summed E-state index contributed by atoms with van der Waals surface area (Å²) >= 11 is 0. The third-order valence-electron chi connectivity index (χ3n) is 5.78. The standard InChI is InChI=1S/C24H33N3O3S/c1-4-21-9-5-6-10-23(21)27(31(3,29)30)18-24(28)25-16-20-11-13-22(14-12-20)26-15-7-8-19(2)17-26/h5-6,9-14,19H,4,7-8,15-18H2,1-3H3,(H,25,28). The fourth-order valence-electron chi connectivity index (χ4n) is 4.07. The lowest BCUT2D eigenvalue weighted by Gasteiger charge is -2.32. The number of nitrogens with one attached hydrogen (secondary N) is 1. The van der Waals surface area contributed by atoms with Crippen LogP contribution in [0.4, 0.5) is 11.4 Å². The van der Waals surface area contributed by atoms with Crippen LogP contribution in [-0.2, 0) is 27.8 Å². The van der Waals surface area contributed by atoms with Crippen molar-refractivity contribution in [2.45, 2.75) is 39.7 Å². The van der Waals surface area contributed by atoms with Crippen LogP contribution in [0.3, 0.4) is 0 Å². The highest BCUT2D eigenvalue weighted by molar-refractivity contribution is 7.92. The summed E-state index contributed by atoms with van der Waals surface area (Å²) in [5.74, 6) is 0.383. The Bertz CT molecular complexity index is 989. The Morgan fingerprint density at radius 1 is 1.16 bits per heavy atom. The van der Waals surface area contributed by atoms with Gasteiger partial charge in [-0.25, -0.2) is 8.42 Å². The van der Waals surface area contributed by atoms with E-state index in [4.69, 9.17) is 0 Å². The van der Waals surface area contributed by atoms with Crippen molar-refractivity contribution in [2.75, 3.05) is 35.1 Å². The maximum Gasteiger partial charge on any atom is 0.241 e. The molecule has 6 nitrogen and oxygen atoms in total. The van der Waals surface area contributed by atoms with E-state index in [9.17, 15) is 13.2 Å². The molecule has 1 atom stereocenters. The Morgan fingerprint density at radius 2 is 1.87 bits per heavy atom. The van der Waals surface area contributed by atoms with E-state index < -0.39 is 10.0 Å². The number of para-hydroxylation sites is 1. The lowest BCUT2D eigenvalue weighted by molar-refractivity contribution is -0.119. The largest absolute Gasteiger partial charge is 0.371 e. The van der Waals surface area contributed by atoms with E-state index in [1.165, 1.54) is 22.8 Å². The second-order valence-electron chi connectivity index (χ2n) is 8.39. The molecule has 1 amide bonds. The maximum absolute atomic E-state index is 12.6. The van der Waals surface area contributed by atoms with Gasteiger partial charge in [0, 0.05) is 25.3 Å². The molecule has 1 saturated heterocycles. The predicted molar refractivity (Wildman–Crippen MR) is 127 cm³/mol. The number of amides is 1. The number of aryl methyl sites for hydroxylation is 1. The minimum Gasteiger partial charge on any atom is -0.371 e. The summed E-state index contributed by atoms with van der Waals surface area (Å²) in [6, 6.07) is 15.5. The molecular weight excluding hydrogens is 410 g/mol. The highest BCUT2D eigenvalue weighted by Gasteiger charge is 2.22. The SMILES string of the molecule is CCc1ccccc1N(CC(=O)NCc1ccc(N2CCCC(C)C2)cc1)S(C)(=O)=O. The number of piperidine rings is 1. The summed E-state index contributed by atoms with van der Waals surface area (Å²) in [5, 5.41) is 2.86. The van der Waals surface area contributed by atoms with Crippen molar-refractivity contribution in [3.63, 3.8) is 0 Å². The van der Waals surface area contributed by atoms with Crippen molar-refractivity contribution in [1.82, 2.24) is 5.32 Å². The van der Waals surface area contributed by atoms with Crippen molar-refractivity contribution < 1.29 is 13.2 Å². The fraction of sp³-hybridized carbons (Fsp3) is 0.458. The number of rotatable bonds is 8. The Labute approximate surface area is 186 Å². The van der Waals surface area contributed by atoms with Crippen LogP contribution < -0.4 is 14.5 Å². The van der Waals surface area contributed by atoms with Crippen molar-refractivity contribution in [3.8, 4) is 0 Å². The van der Waals surface area contributed by atoms with Crippen LogP contribution in [0.15, 0.2) is 48.5 Å². The van der Waals surface area contributed by atoms with Crippen molar-refractivity contribution >= 4 is 27.3 Å². The first-order chi connectivity index (χ1) is 14.8. The molecule has 0 bridgehead atoms. The molecule has 1 aliphatic heterocycles. The number of carbonyl (C=O) groups is 1. The third-order valence-corrected chi connectivity index (χ3v) is 6.90. The van der Waals surface area contributed by atoms with E-state index in [1.807, 2.05) is 31.2 Å². The molecule has 168 valence electrons. The topological polar surface area (TPSA) is 69.7 Å². The van der Waals surface area contributed by atoms with E-state index >= 15 is 0 Å². The van der Waals surface area contributed by atoms with Gasteiger partial charge in [-0.15, -0.1) is 0 Å². The lowest BCUT2D eigenvalue weighted by atomic mass is 9.99. The molecular formula is C24H33N3O3S. The number of sulfonamides is 1. The van der Waals surface area contributed by atoms with Crippen molar-refractivity contribution in [2.24, 2.45) is 5.92 Å². The van der Waals surface area contributed by atoms with Gasteiger partial charge in [0.2, 0.25) is 15.9 Å². The Morgan fingerprint density at radius 3 is 2.52 bits per heavy atom. The van der Waals surface area contributed by atoms with Gasteiger partial charge in [-0.3, -0.25) is 9.10 Å². The summed E-state index contributed by atoms with van der Waals surface area (Å²) < 4.78 is 25.9. The number of carbonyl (C=O) groups excluding carboxylic acids is 1. The molecule has 2 aromatic rings. The number of anilines is 2. The Balaban J connectivity index is 1.61. The molecule has 0 saturated carbocycles. The number of benzene rings is 2. The van der Waals surface area contributed by atoms with Crippen LogP contribution in [0.5, 0.6) is 0 Å². The summed E-state index contributed by atoms with van der Waals surface area (Å²) in [6.45, 7) is 6.54. The normalized spacial score (nSPS) is 16.7. The summed E-state index contributed by atoms with van der Waals surface area (Å²) in [5.41, 5.74) is 3.65. The molecule has 7 heteroatoms. The first-order valence-corrected chi connectivity index (χ1v) is 12.8. The summed E-state index contributed by atoms with van der Waals surface area (Å²) in [6.07, 6.45) is 4.32. The van der Waals surface area contributed by atoms with Gasteiger partial charge in [0.15, 0.2) is 0 Å². The molecule has 1 aliphatic rings. The van der Waals surface area contributed by atoms with Gasteiger partial charge in [0.25, 0.3) is 0 Å². The van der Waals surface area contributed by atoms with E-state index in [1.54, 1.807) is 12.1 Å². The van der Waals surface area contributed by atoms with Crippen LogP contribution in [0, 0.1) is 5.92 Å². The highest BCUT2D eigenvalue weighted by Crippen LogP contribution is 2.24. The molecule has 31 heavy (non-hydrogen) atoms. The van der Waals surface area contributed by atoms with Gasteiger partial charge in [0.05, 0.1) is 11.9 Å². The minimum absolute atomic E-state index is 0.237. The quantitative estimate of drug-likeness (QED) is 0.677. The first-order valence-electron chi connectivity index (χ1n) is 10.9. The maximum atomic E-state index is 12.6. The smallest absolute Gasteiger partial charge is 0.241 e. The van der Waals surface area contributed by atoms with Gasteiger partial charge in [-0.2, -0.15) is 0 Å². The van der Waals surface area contributed by atoms with Gasteiger partial charge in [-0.05, 0) is 54.5 Å². The molecule has 0 aromatic heterocycles. The average molecular weight is 444 g/mol. The molecule has 1 unspecified atom stereocenters. The van der Waals surface area contributed by atoms with Crippen LogP contribution >= 0.6 is 0 Å². The van der Waals surface area contributed by atoms with E-state index in [-0.39, 0.29) is 12.5 Å². The molecule has 2 aromatic carbocycles. The van der Waals surface area contributed by atoms with E-state index in [0.717, 1.165) is 30.5 Å². The molecule has 1 fully saturated rings. The predicted octanol–water partition coefficient (Wildman–Crippen LogP) is 3.57. The van der Waals surface area contributed by atoms with Crippen molar-refractivity contribution in [3.05, 3.63) is 59.7 Å². The van der Waals surface area contributed by atoms with Gasteiger partial charge < -0.3 is 10.2 Å². The van der Waals surface area contributed by atoms with Crippen LogP contribution in [-0.4, -0.2) is 40.2 Å². The molecule has 0 spiro atoms. The molecule has 3 rings (SSSR count). The molecule has 1 heterocycles. The first kappa shape index (κ1) is 23.1. The average Bonchev–Trinajstić information content (AvgIpc) is 2.75. The Hall–Kier alpha value is -2.54. The van der Waals surface area contributed by atoms with Crippen LogP contribution in [0.1, 0.15) is 37.8 Å². The molecule has 0 radical (unpaired) electrons.